The van der Waals surface area contributed by atoms with Crippen LogP contribution in [0.15, 0.2) is 47.0 Å². The maximum absolute atomic E-state index is 12.8. The molecule has 10 heteroatoms. The number of alkyl halides is 3. The third-order valence-corrected chi connectivity index (χ3v) is 5.40. The topological polar surface area (TPSA) is 86.5 Å². The number of ether oxygens (including phenoxy) is 2. The number of aromatic nitrogens is 2. The molecule has 3 rings (SSSR count). The van der Waals surface area contributed by atoms with E-state index in [0.29, 0.717) is 23.6 Å². The van der Waals surface area contributed by atoms with E-state index in [4.69, 9.17) is 14.0 Å². The standard InChI is InChI=1S/C25H28F3N3O4/c1-6-33-23(32)24(3,4)34-20-12-9-17(13-15(20)2)19(29-5)14-21-30-22(31-35-21)16-7-10-18(11-8-16)25(26,27)28/h7-13,19,29H,6,14H2,1-5H3. The van der Waals surface area contributed by atoms with E-state index in [1.54, 1.807) is 33.9 Å². The predicted octanol–water partition coefficient (Wildman–Crippen LogP) is 5.29. The van der Waals surface area contributed by atoms with Crippen molar-refractivity contribution < 1.29 is 32.0 Å². The van der Waals surface area contributed by atoms with Crippen LogP contribution in [-0.4, -0.2) is 35.4 Å². The van der Waals surface area contributed by atoms with E-state index in [1.807, 2.05) is 19.1 Å². The summed E-state index contributed by atoms with van der Waals surface area (Å²) >= 11 is 0. The third-order valence-electron chi connectivity index (χ3n) is 5.40. The molecule has 2 aromatic carbocycles. The molecule has 0 bridgehead atoms. The number of nitrogens with one attached hydrogen (secondary N) is 1. The molecular formula is C25H28F3N3O4. The van der Waals surface area contributed by atoms with Crippen molar-refractivity contribution >= 4 is 5.97 Å². The molecule has 35 heavy (non-hydrogen) atoms. The third kappa shape index (κ3) is 6.39. The van der Waals surface area contributed by atoms with Gasteiger partial charge in [-0.15, -0.1) is 0 Å². The van der Waals surface area contributed by atoms with Gasteiger partial charge in [-0.2, -0.15) is 18.2 Å². The van der Waals surface area contributed by atoms with Crippen LogP contribution in [0.1, 0.15) is 49.4 Å². The molecule has 0 aliphatic heterocycles. The summed E-state index contributed by atoms with van der Waals surface area (Å²) in [6, 6.07) is 10.0. The molecule has 7 nitrogen and oxygen atoms in total. The van der Waals surface area contributed by atoms with Gasteiger partial charge in [0.1, 0.15) is 5.75 Å². The van der Waals surface area contributed by atoms with E-state index in [-0.39, 0.29) is 18.5 Å². The normalized spacial score (nSPS) is 12.9. The monoisotopic (exact) mass is 491 g/mol. The zero-order chi connectivity index (χ0) is 25.8. The largest absolute Gasteiger partial charge is 0.476 e. The van der Waals surface area contributed by atoms with Gasteiger partial charge in [0.25, 0.3) is 0 Å². The summed E-state index contributed by atoms with van der Waals surface area (Å²) in [4.78, 5) is 16.5. The SMILES string of the molecule is CCOC(=O)C(C)(C)Oc1ccc(C(Cc2nc(-c3ccc(C(F)(F)F)cc3)no2)NC)cc1C. The number of aryl methyl sites for hydroxylation is 1. The van der Waals surface area contributed by atoms with Crippen LogP contribution in [0, 0.1) is 6.92 Å². The summed E-state index contributed by atoms with van der Waals surface area (Å²) in [5.41, 5.74) is 0.310. The van der Waals surface area contributed by atoms with Gasteiger partial charge in [-0.05, 0) is 64.1 Å². The van der Waals surface area contributed by atoms with Gasteiger partial charge in [-0.25, -0.2) is 4.79 Å². The number of esters is 1. The average molecular weight is 492 g/mol. The Labute approximate surface area is 201 Å². The molecule has 188 valence electrons. The zero-order valence-electron chi connectivity index (χ0n) is 20.2. The van der Waals surface area contributed by atoms with E-state index in [2.05, 4.69) is 15.5 Å². The van der Waals surface area contributed by atoms with Crippen LogP contribution in [0.25, 0.3) is 11.4 Å². The molecule has 0 spiro atoms. The van der Waals surface area contributed by atoms with Crippen LogP contribution < -0.4 is 10.1 Å². The minimum Gasteiger partial charge on any atom is -0.476 e. The first-order valence-electron chi connectivity index (χ1n) is 11.1. The second-order valence-electron chi connectivity index (χ2n) is 8.49. The van der Waals surface area contributed by atoms with Gasteiger partial charge in [-0.1, -0.05) is 29.4 Å². The van der Waals surface area contributed by atoms with Gasteiger partial charge in [0, 0.05) is 18.0 Å². The Hall–Kier alpha value is -3.40. The maximum atomic E-state index is 12.8. The molecule has 1 aromatic heterocycles. The molecule has 0 amide bonds. The van der Waals surface area contributed by atoms with Crippen LogP contribution in [0.2, 0.25) is 0 Å². The molecule has 0 saturated heterocycles. The highest BCUT2D eigenvalue weighted by Crippen LogP contribution is 2.31. The van der Waals surface area contributed by atoms with E-state index in [9.17, 15) is 18.0 Å². The summed E-state index contributed by atoms with van der Waals surface area (Å²) in [7, 11) is 1.79. The fraction of sp³-hybridized carbons (Fsp3) is 0.400. The lowest BCUT2D eigenvalue weighted by Crippen LogP contribution is -2.39. The molecule has 0 fully saturated rings. The van der Waals surface area contributed by atoms with Crippen molar-refractivity contribution in [3.8, 4) is 17.1 Å². The van der Waals surface area contributed by atoms with Crippen molar-refractivity contribution in [2.24, 2.45) is 0 Å². The smallest absolute Gasteiger partial charge is 0.416 e. The van der Waals surface area contributed by atoms with E-state index < -0.39 is 23.3 Å². The van der Waals surface area contributed by atoms with Crippen molar-refractivity contribution in [1.29, 1.82) is 0 Å². The fourth-order valence-corrected chi connectivity index (χ4v) is 3.45. The molecular weight excluding hydrogens is 463 g/mol. The predicted molar refractivity (Wildman–Crippen MR) is 123 cm³/mol. The maximum Gasteiger partial charge on any atom is 0.416 e. The van der Waals surface area contributed by atoms with Gasteiger partial charge in [-0.3, -0.25) is 0 Å². The Balaban J connectivity index is 1.73. The quantitative estimate of drug-likeness (QED) is 0.407. The minimum absolute atomic E-state index is 0.179. The van der Waals surface area contributed by atoms with E-state index in [1.165, 1.54) is 12.1 Å². The number of benzene rings is 2. The number of halogens is 3. The van der Waals surface area contributed by atoms with Crippen LogP contribution in [0.3, 0.4) is 0 Å². The molecule has 0 radical (unpaired) electrons. The molecule has 1 N–H and O–H groups in total. The number of nitrogens with zero attached hydrogens (tertiary/aromatic N) is 2. The first-order chi connectivity index (χ1) is 16.4. The first kappa shape index (κ1) is 26.2. The highest BCUT2D eigenvalue weighted by Gasteiger charge is 2.32. The van der Waals surface area contributed by atoms with E-state index >= 15 is 0 Å². The van der Waals surface area contributed by atoms with Gasteiger partial charge >= 0.3 is 12.1 Å². The van der Waals surface area contributed by atoms with Crippen molar-refractivity contribution in [2.45, 2.75) is 51.9 Å². The molecule has 0 saturated carbocycles. The first-order valence-corrected chi connectivity index (χ1v) is 11.1. The van der Waals surface area contributed by atoms with Crippen LogP contribution in [0.4, 0.5) is 13.2 Å². The van der Waals surface area contributed by atoms with Gasteiger partial charge in [0.2, 0.25) is 11.7 Å². The molecule has 0 aliphatic carbocycles. The Kier molecular flexibility index (Phi) is 7.84. The molecule has 0 aliphatic rings. The lowest BCUT2D eigenvalue weighted by Gasteiger charge is -2.25. The molecule has 1 atom stereocenters. The highest BCUT2D eigenvalue weighted by atomic mass is 19.4. The van der Waals surface area contributed by atoms with Gasteiger partial charge < -0.3 is 19.3 Å². The van der Waals surface area contributed by atoms with Gasteiger partial charge in [0.15, 0.2) is 5.60 Å². The molecule has 3 aromatic rings. The van der Waals surface area contributed by atoms with Gasteiger partial charge in [0.05, 0.1) is 12.2 Å². The number of rotatable bonds is 9. The van der Waals surface area contributed by atoms with E-state index in [0.717, 1.165) is 23.3 Å². The van der Waals surface area contributed by atoms with Crippen molar-refractivity contribution in [3.05, 3.63) is 65.0 Å². The number of likely N-dealkylation sites (N-methyl/N-ethyl adjacent to an activating group) is 1. The van der Waals surface area contributed by atoms with Crippen LogP contribution in [-0.2, 0) is 22.1 Å². The lowest BCUT2D eigenvalue weighted by molar-refractivity contribution is -0.158. The minimum atomic E-state index is -4.41. The van der Waals surface area contributed by atoms with Crippen LogP contribution in [0.5, 0.6) is 5.75 Å². The van der Waals surface area contributed by atoms with Crippen LogP contribution >= 0.6 is 0 Å². The van der Waals surface area contributed by atoms with Crippen molar-refractivity contribution in [1.82, 2.24) is 15.5 Å². The summed E-state index contributed by atoms with van der Waals surface area (Å²) in [6.07, 6.45) is -4.05. The number of carbonyl (C=O) groups excluding carboxylic acids is 1. The summed E-state index contributed by atoms with van der Waals surface area (Å²) < 4.78 is 54.7. The Morgan fingerprint density at radius 2 is 1.83 bits per heavy atom. The second kappa shape index (κ2) is 10.5. The highest BCUT2D eigenvalue weighted by molar-refractivity contribution is 5.79. The van der Waals surface area contributed by atoms with Crippen molar-refractivity contribution in [3.63, 3.8) is 0 Å². The second-order valence-corrected chi connectivity index (χ2v) is 8.49. The Morgan fingerprint density at radius 3 is 2.40 bits per heavy atom. The summed E-state index contributed by atoms with van der Waals surface area (Å²) in [6.45, 7) is 7.19. The molecule has 1 unspecified atom stereocenters. The summed E-state index contributed by atoms with van der Waals surface area (Å²) in [5.74, 6) is 0.659. The average Bonchev–Trinajstić information content (AvgIpc) is 3.27. The molecule has 1 heterocycles. The summed E-state index contributed by atoms with van der Waals surface area (Å²) in [5, 5.41) is 7.11. The number of hydrogen-bond acceptors (Lipinski definition) is 7. The Bertz CT molecular complexity index is 1160. The van der Waals surface area contributed by atoms with Crippen molar-refractivity contribution in [2.75, 3.05) is 13.7 Å². The Morgan fingerprint density at radius 1 is 1.14 bits per heavy atom. The lowest BCUT2D eigenvalue weighted by atomic mass is 10.0. The fourth-order valence-electron chi connectivity index (χ4n) is 3.45. The zero-order valence-corrected chi connectivity index (χ0v) is 20.2. The number of carbonyl (C=O) groups is 1. The number of hydrogen-bond donors (Lipinski definition) is 1.